The average molecular weight is 289 g/mol. The SMILES string of the molecule is CCc1ccc(CCC(=O)NC2(C(=O)O)CCCC2)cc1. The van der Waals surface area contributed by atoms with Crippen LogP contribution in [-0.2, 0) is 22.4 Å². The zero-order valence-electron chi connectivity index (χ0n) is 12.5. The van der Waals surface area contributed by atoms with Crippen molar-refractivity contribution in [1.82, 2.24) is 5.32 Å². The number of carboxylic acids is 1. The van der Waals surface area contributed by atoms with Crippen LogP contribution in [0.15, 0.2) is 24.3 Å². The molecule has 0 bridgehead atoms. The lowest BCUT2D eigenvalue weighted by molar-refractivity contribution is -0.147. The van der Waals surface area contributed by atoms with Gasteiger partial charge in [-0.2, -0.15) is 0 Å². The minimum Gasteiger partial charge on any atom is -0.480 e. The normalized spacial score (nSPS) is 16.6. The van der Waals surface area contributed by atoms with Gasteiger partial charge < -0.3 is 10.4 Å². The first-order valence-corrected chi connectivity index (χ1v) is 7.68. The van der Waals surface area contributed by atoms with E-state index in [0.717, 1.165) is 24.8 Å². The van der Waals surface area contributed by atoms with Gasteiger partial charge in [0.1, 0.15) is 5.54 Å². The molecule has 114 valence electrons. The van der Waals surface area contributed by atoms with E-state index in [1.165, 1.54) is 5.56 Å². The summed E-state index contributed by atoms with van der Waals surface area (Å²) in [4.78, 5) is 23.4. The number of benzene rings is 1. The lowest BCUT2D eigenvalue weighted by atomic mass is 9.97. The highest BCUT2D eigenvalue weighted by Gasteiger charge is 2.42. The van der Waals surface area contributed by atoms with E-state index in [0.29, 0.717) is 25.7 Å². The molecule has 1 aromatic rings. The van der Waals surface area contributed by atoms with E-state index < -0.39 is 11.5 Å². The third-order valence-electron chi connectivity index (χ3n) is 4.32. The summed E-state index contributed by atoms with van der Waals surface area (Å²) in [6, 6.07) is 8.22. The van der Waals surface area contributed by atoms with Gasteiger partial charge in [-0.3, -0.25) is 4.79 Å². The van der Waals surface area contributed by atoms with Crippen LogP contribution < -0.4 is 5.32 Å². The monoisotopic (exact) mass is 289 g/mol. The Morgan fingerprint density at radius 1 is 1.14 bits per heavy atom. The minimum atomic E-state index is -1.02. The fourth-order valence-electron chi connectivity index (χ4n) is 2.90. The van der Waals surface area contributed by atoms with Crippen LogP contribution >= 0.6 is 0 Å². The molecule has 1 aliphatic carbocycles. The summed E-state index contributed by atoms with van der Waals surface area (Å²) >= 11 is 0. The molecule has 0 heterocycles. The Morgan fingerprint density at radius 3 is 2.24 bits per heavy atom. The van der Waals surface area contributed by atoms with E-state index in [1.807, 2.05) is 12.1 Å². The molecule has 4 heteroatoms. The van der Waals surface area contributed by atoms with E-state index in [1.54, 1.807) is 0 Å². The van der Waals surface area contributed by atoms with Gasteiger partial charge in [0.15, 0.2) is 0 Å². The Labute approximate surface area is 125 Å². The fourth-order valence-corrected chi connectivity index (χ4v) is 2.90. The Kier molecular flexibility index (Phi) is 4.99. The lowest BCUT2D eigenvalue weighted by Gasteiger charge is -2.25. The molecule has 4 nitrogen and oxygen atoms in total. The maximum Gasteiger partial charge on any atom is 0.329 e. The van der Waals surface area contributed by atoms with Gasteiger partial charge >= 0.3 is 5.97 Å². The first kappa shape index (κ1) is 15.5. The molecule has 21 heavy (non-hydrogen) atoms. The summed E-state index contributed by atoms with van der Waals surface area (Å²) in [7, 11) is 0. The van der Waals surface area contributed by atoms with Crippen molar-refractivity contribution in [3.8, 4) is 0 Å². The summed E-state index contributed by atoms with van der Waals surface area (Å²) in [6.45, 7) is 2.11. The first-order valence-electron chi connectivity index (χ1n) is 7.68. The molecule has 0 saturated heterocycles. The summed E-state index contributed by atoms with van der Waals surface area (Å²) in [5, 5.41) is 12.1. The van der Waals surface area contributed by atoms with Gasteiger partial charge in [-0.25, -0.2) is 4.79 Å². The van der Waals surface area contributed by atoms with Crippen LogP contribution in [0, 0.1) is 0 Å². The molecule has 0 aliphatic heterocycles. The van der Waals surface area contributed by atoms with Gasteiger partial charge in [-0.15, -0.1) is 0 Å². The number of aliphatic carboxylic acids is 1. The van der Waals surface area contributed by atoms with Gasteiger partial charge in [0.2, 0.25) is 5.91 Å². The Morgan fingerprint density at radius 2 is 1.71 bits per heavy atom. The summed E-state index contributed by atoms with van der Waals surface area (Å²) < 4.78 is 0. The highest BCUT2D eigenvalue weighted by Crippen LogP contribution is 2.30. The topological polar surface area (TPSA) is 66.4 Å². The van der Waals surface area contributed by atoms with Crippen molar-refractivity contribution in [1.29, 1.82) is 0 Å². The van der Waals surface area contributed by atoms with Crippen LogP contribution in [0.5, 0.6) is 0 Å². The Hall–Kier alpha value is -1.84. The second-order valence-electron chi connectivity index (χ2n) is 5.81. The average Bonchev–Trinajstić information content (AvgIpc) is 2.95. The number of carboxylic acid groups (broad SMARTS) is 1. The molecule has 1 saturated carbocycles. The van der Waals surface area contributed by atoms with E-state index in [9.17, 15) is 14.7 Å². The molecular weight excluding hydrogens is 266 g/mol. The van der Waals surface area contributed by atoms with E-state index in [2.05, 4.69) is 24.4 Å². The van der Waals surface area contributed by atoms with E-state index in [-0.39, 0.29) is 5.91 Å². The Balaban J connectivity index is 1.87. The van der Waals surface area contributed by atoms with E-state index >= 15 is 0 Å². The zero-order valence-corrected chi connectivity index (χ0v) is 12.5. The molecular formula is C17H23NO3. The number of carbonyl (C=O) groups excluding carboxylic acids is 1. The van der Waals surface area contributed by atoms with Crippen molar-refractivity contribution in [3.05, 3.63) is 35.4 Å². The maximum atomic E-state index is 12.0. The van der Waals surface area contributed by atoms with E-state index in [4.69, 9.17) is 0 Å². The van der Waals surface area contributed by atoms with Gasteiger partial charge in [-0.1, -0.05) is 44.0 Å². The summed E-state index contributed by atoms with van der Waals surface area (Å²) in [6.07, 6.45) is 4.79. The fraction of sp³-hybridized carbons (Fsp3) is 0.529. The third kappa shape index (κ3) is 3.84. The molecule has 1 fully saturated rings. The predicted molar refractivity (Wildman–Crippen MR) is 81.1 cm³/mol. The number of nitrogens with one attached hydrogen (secondary N) is 1. The van der Waals surface area contributed by atoms with Crippen LogP contribution in [-0.4, -0.2) is 22.5 Å². The van der Waals surface area contributed by atoms with Crippen LogP contribution in [0.4, 0.5) is 0 Å². The number of carbonyl (C=O) groups is 2. The molecule has 2 rings (SSSR count). The van der Waals surface area contributed by atoms with Crippen molar-refractivity contribution < 1.29 is 14.7 Å². The highest BCUT2D eigenvalue weighted by atomic mass is 16.4. The third-order valence-corrected chi connectivity index (χ3v) is 4.32. The number of amides is 1. The van der Waals surface area contributed by atoms with Gasteiger partial charge in [-0.05, 0) is 36.8 Å². The lowest BCUT2D eigenvalue weighted by Crippen LogP contribution is -2.52. The van der Waals surface area contributed by atoms with Crippen molar-refractivity contribution in [2.24, 2.45) is 0 Å². The van der Waals surface area contributed by atoms with Crippen LogP contribution in [0.3, 0.4) is 0 Å². The van der Waals surface area contributed by atoms with Gasteiger partial charge in [0.25, 0.3) is 0 Å². The van der Waals surface area contributed by atoms with Gasteiger partial charge in [0.05, 0.1) is 0 Å². The number of aryl methyl sites for hydroxylation is 2. The number of rotatable bonds is 6. The number of hydrogen-bond donors (Lipinski definition) is 2. The predicted octanol–water partition coefficient (Wildman–Crippen LogP) is 2.70. The van der Waals surface area contributed by atoms with Crippen LogP contribution in [0.25, 0.3) is 0 Å². The molecule has 0 atom stereocenters. The molecule has 0 unspecified atom stereocenters. The van der Waals surface area contributed by atoms with Crippen LogP contribution in [0.1, 0.15) is 50.2 Å². The molecule has 1 amide bonds. The molecule has 0 radical (unpaired) electrons. The minimum absolute atomic E-state index is 0.168. The highest BCUT2D eigenvalue weighted by molar-refractivity contribution is 5.87. The van der Waals surface area contributed by atoms with Crippen LogP contribution in [0.2, 0.25) is 0 Å². The molecule has 0 aromatic heterocycles. The summed E-state index contributed by atoms with van der Waals surface area (Å²) in [5.74, 6) is -1.07. The molecule has 1 aliphatic rings. The zero-order chi connectivity index (χ0) is 15.3. The van der Waals surface area contributed by atoms with Crippen molar-refractivity contribution in [2.45, 2.75) is 57.4 Å². The molecule has 2 N–H and O–H groups in total. The Bertz CT molecular complexity index is 501. The second-order valence-corrected chi connectivity index (χ2v) is 5.81. The van der Waals surface area contributed by atoms with Crippen molar-refractivity contribution in [2.75, 3.05) is 0 Å². The first-order chi connectivity index (χ1) is 10.1. The standard InChI is InChI=1S/C17H23NO3/c1-2-13-5-7-14(8-6-13)9-10-15(19)18-17(16(20)21)11-3-4-12-17/h5-8H,2-4,9-12H2,1H3,(H,18,19)(H,20,21). The smallest absolute Gasteiger partial charge is 0.329 e. The molecule has 0 spiro atoms. The second kappa shape index (κ2) is 6.74. The van der Waals surface area contributed by atoms with Gasteiger partial charge in [0, 0.05) is 6.42 Å². The van der Waals surface area contributed by atoms with Crippen molar-refractivity contribution >= 4 is 11.9 Å². The largest absolute Gasteiger partial charge is 0.480 e. The quantitative estimate of drug-likeness (QED) is 0.846. The molecule has 1 aromatic carbocycles. The number of hydrogen-bond acceptors (Lipinski definition) is 2. The van der Waals surface area contributed by atoms with Crippen molar-refractivity contribution in [3.63, 3.8) is 0 Å². The maximum absolute atomic E-state index is 12.0. The summed E-state index contributed by atoms with van der Waals surface area (Å²) in [5.41, 5.74) is 1.36.